The fourth-order valence-electron chi connectivity index (χ4n) is 1.56. The van der Waals surface area contributed by atoms with Gasteiger partial charge in [0.25, 0.3) is 0 Å². The highest BCUT2D eigenvalue weighted by molar-refractivity contribution is 5.85. The van der Waals surface area contributed by atoms with Crippen LogP contribution in [-0.2, 0) is 4.74 Å². The molecule has 96 valence electrons. The Labute approximate surface area is 112 Å². The molecule has 5 heteroatoms. The molecular weight excluding hydrogens is 242 g/mol. The van der Waals surface area contributed by atoms with E-state index in [0.717, 1.165) is 13.1 Å². The van der Waals surface area contributed by atoms with E-state index in [9.17, 15) is 0 Å². The first-order valence-corrected chi connectivity index (χ1v) is 5.28. The Balaban J connectivity index is 0.00000200. The summed E-state index contributed by atoms with van der Waals surface area (Å²) in [4.78, 5) is 0. The number of rotatable bonds is 4. The van der Waals surface area contributed by atoms with Crippen LogP contribution in [-0.4, -0.2) is 39.4 Å². The highest BCUT2D eigenvalue weighted by Gasteiger charge is 2.14. The molecule has 1 aromatic carbocycles. The summed E-state index contributed by atoms with van der Waals surface area (Å²) >= 11 is 0. The highest BCUT2D eigenvalue weighted by atomic mass is 35.5. The van der Waals surface area contributed by atoms with Crippen molar-refractivity contribution in [2.45, 2.75) is 6.10 Å². The van der Waals surface area contributed by atoms with Gasteiger partial charge in [0.1, 0.15) is 12.7 Å². The van der Waals surface area contributed by atoms with Crippen LogP contribution in [0.1, 0.15) is 4.11 Å². The molecule has 0 aliphatic carbocycles. The van der Waals surface area contributed by atoms with Crippen LogP contribution in [0.4, 0.5) is 0 Å². The highest BCUT2D eigenvalue weighted by Crippen LogP contribution is 2.25. The third-order valence-corrected chi connectivity index (χ3v) is 2.39. The van der Waals surface area contributed by atoms with E-state index in [-0.39, 0.29) is 24.3 Å². The molecule has 0 bridgehead atoms. The number of para-hydroxylation sites is 2. The molecule has 0 saturated carbocycles. The Bertz CT molecular complexity index is 411. The van der Waals surface area contributed by atoms with E-state index in [1.807, 2.05) is 0 Å². The predicted octanol–water partition coefficient (Wildman–Crippen LogP) is 1.48. The van der Waals surface area contributed by atoms with Gasteiger partial charge in [-0.05, 0) is 12.1 Å². The van der Waals surface area contributed by atoms with Crippen LogP contribution in [0, 0.1) is 0 Å². The van der Waals surface area contributed by atoms with Crippen molar-refractivity contribution >= 4 is 12.4 Å². The molecule has 1 aliphatic heterocycles. The van der Waals surface area contributed by atoms with Gasteiger partial charge in [-0.3, -0.25) is 0 Å². The minimum absolute atomic E-state index is 0. The second-order valence-electron chi connectivity index (χ2n) is 3.56. The summed E-state index contributed by atoms with van der Waals surface area (Å²) in [6.45, 7) is 2.58. The first-order valence-electron chi connectivity index (χ1n) is 6.78. The standard InChI is InChI=1S/C12H17NO3.ClH/c1-14-11-4-2-3-5-12(11)16-9-10-8-13-6-7-15-10;/h2-5,10,13H,6-9H2,1H3;1H/i1D3;. The van der Waals surface area contributed by atoms with Crippen molar-refractivity contribution in [3.63, 3.8) is 0 Å². The molecule has 0 amide bonds. The number of hydrogen-bond acceptors (Lipinski definition) is 4. The monoisotopic (exact) mass is 262 g/mol. The lowest BCUT2D eigenvalue weighted by atomic mass is 10.3. The maximum absolute atomic E-state index is 7.11. The van der Waals surface area contributed by atoms with Crippen LogP contribution in [0.3, 0.4) is 0 Å². The average molecular weight is 263 g/mol. The second-order valence-corrected chi connectivity index (χ2v) is 3.56. The van der Waals surface area contributed by atoms with Crippen LogP contribution in [0.2, 0.25) is 0 Å². The van der Waals surface area contributed by atoms with E-state index >= 15 is 0 Å². The van der Waals surface area contributed by atoms with Crippen molar-refractivity contribution in [3.8, 4) is 11.5 Å². The normalized spacial score (nSPS) is 22.6. The Morgan fingerprint density at radius 3 is 3.00 bits per heavy atom. The largest absolute Gasteiger partial charge is 0.493 e. The SMILES string of the molecule is Cl.[2H]C([2H])([2H])Oc1ccccc1OCC1CNCCO1. The van der Waals surface area contributed by atoms with Gasteiger partial charge in [-0.2, -0.15) is 0 Å². The molecule has 1 aromatic rings. The molecule has 2 rings (SSSR count). The zero-order chi connectivity index (χ0) is 13.7. The van der Waals surface area contributed by atoms with Crippen molar-refractivity contribution in [2.75, 3.05) is 33.3 Å². The number of halogens is 1. The van der Waals surface area contributed by atoms with Crippen LogP contribution in [0.5, 0.6) is 11.5 Å². The molecule has 1 heterocycles. The summed E-state index contributed by atoms with van der Waals surface area (Å²) in [6.07, 6.45) is -0.0328. The summed E-state index contributed by atoms with van der Waals surface area (Å²) < 4.78 is 37.3. The third-order valence-electron chi connectivity index (χ3n) is 2.39. The number of morpholine rings is 1. The maximum Gasteiger partial charge on any atom is 0.161 e. The minimum atomic E-state index is -2.48. The van der Waals surface area contributed by atoms with E-state index in [0.29, 0.717) is 19.0 Å². The number of ether oxygens (including phenoxy) is 3. The summed E-state index contributed by atoms with van der Waals surface area (Å²) in [5.74, 6) is 0.624. The van der Waals surface area contributed by atoms with E-state index < -0.39 is 7.04 Å². The molecule has 4 nitrogen and oxygen atoms in total. The average Bonchev–Trinajstić information content (AvgIpc) is 2.37. The summed E-state index contributed by atoms with van der Waals surface area (Å²) in [6, 6.07) is 6.72. The first kappa shape index (κ1) is 10.00. The minimum Gasteiger partial charge on any atom is -0.493 e. The van der Waals surface area contributed by atoms with Gasteiger partial charge in [-0.1, -0.05) is 12.1 Å². The Morgan fingerprint density at radius 2 is 2.29 bits per heavy atom. The molecule has 0 aromatic heterocycles. The van der Waals surface area contributed by atoms with E-state index in [1.165, 1.54) is 0 Å². The molecule has 1 unspecified atom stereocenters. The molecular formula is C12H18ClNO3. The lowest BCUT2D eigenvalue weighted by Gasteiger charge is -2.23. The van der Waals surface area contributed by atoms with Crippen molar-refractivity contribution in [2.24, 2.45) is 0 Å². The van der Waals surface area contributed by atoms with Crippen molar-refractivity contribution in [1.29, 1.82) is 0 Å². The zero-order valence-electron chi connectivity index (χ0n) is 12.3. The Kier molecular flexibility index (Phi) is 4.34. The molecule has 1 atom stereocenters. The van der Waals surface area contributed by atoms with Crippen LogP contribution >= 0.6 is 12.4 Å². The van der Waals surface area contributed by atoms with E-state index in [1.54, 1.807) is 24.3 Å². The van der Waals surface area contributed by atoms with E-state index in [2.05, 4.69) is 5.32 Å². The molecule has 17 heavy (non-hydrogen) atoms. The number of benzene rings is 1. The quantitative estimate of drug-likeness (QED) is 0.892. The van der Waals surface area contributed by atoms with Gasteiger partial charge in [-0.25, -0.2) is 0 Å². The van der Waals surface area contributed by atoms with Crippen LogP contribution < -0.4 is 14.8 Å². The van der Waals surface area contributed by atoms with Gasteiger partial charge in [-0.15, -0.1) is 12.4 Å². The predicted molar refractivity (Wildman–Crippen MR) is 68.3 cm³/mol. The Morgan fingerprint density at radius 1 is 1.47 bits per heavy atom. The topological polar surface area (TPSA) is 39.7 Å². The zero-order valence-corrected chi connectivity index (χ0v) is 10.2. The molecule has 0 spiro atoms. The van der Waals surface area contributed by atoms with Crippen molar-refractivity contribution in [1.82, 2.24) is 5.32 Å². The second kappa shape index (κ2) is 7.37. The summed E-state index contributed by atoms with van der Waals surface area (Å²) in [5.41, 5.74) is 0. The van der Waals surface area contributed by atoms with Gasteiger partial charge in [0.2, 0.25) is 0 Å². The van der Waals surface area contributed by atoms with E-state index in [4.69, 9.17) is 18.3 Å². The number of hydrogen-bond donors (Lipinski definition) is 1. The third kappa shape index (κ3) is 4.07. The van der Waals surface area contributed by atoms with Crippen LogP contribution in [0.25, 0.3) is 0 Å². The summed E-state index contributed by atoms with van der Waals surface area (Å²) in [5, 5.41) is 3.20. The van der Waals surface area contributed by atoms with Gasteiger partial charge in [0.15, 0.2) is 11.5 Å². The molecule has 1 aliphatic rings. The fourth-order valence-corrected chi connectivity index (χ4v) is 1.56. The van der Waals surface area contributed by atoms with Gasteiger partial charge in [0.05, 0.1) is 17.8 Å². The fraction of sp³-hybridized carbons (Fsp3) is 0.500. The maximum atomic E-state index is 7.11. The van der Waals surface area contributed by atoms with Gasteiger partial charge >= 0.3 is 0 Å². The Hall–Kier alpha value is -0.970. The lowest BCUT2D eigenvalue weighted by Crippen LogP contribution is -2.41. The smallest absolute Gasteiger partial charge is 0.161 e. The summed E-state index contributed by atoms with van der Waals surface area (Å²) in [7, 11) is -2.48. The molecule has 1 fully saturated rings. The number of nitrogens with one attached hydrogen (secondary N) is 1. The lowest BCUT2D eigenvalue weighted by molar-refractivity contribution is -0.000263. The van der Waals surface area contributed by atoms with Crippen molar-refractivity contribution < 1.29 is 18.3 Å². The van der Waals surface area contributed by atoms with Crippen LogP contribution in [0.15, 0.2) is 24.3 Å². The van der Waals surface area contributed by atoms with Gasteiger partial charge in [0, 0.05) is 13.1 Å². The first-order chi connectivity index (χ1) is 9.04. The van der Waals surface area contributed by atoms with Gasteiger partial charge < -0.3 is 19.5 Å². The molecule has 1 saturated heterocycles. The molecule has 1 N–H and O–H groups in total. The van der Waals surface area contributed by atoms with Crippen molar-refractivity contribution in [3.05, 3.63) is 24.3 Å². The molecule has 0 radical (unpaired) electrons. The number of methoxy groups -OCH3 is 1.